The molecule has 3 nitrogen and oxygen atoms in total. The van der Waals surface area contributed by atoms with Gasteiger partial charge in [0.25, 0.3) is 0 Å². The predicted molar refractivity (Wildman–Crippen MR) is 142 cm³/mol. The lowest BCUT2D eigenvalue weighted by molar-refractivity contribution is -0.144. The Balaban J connectivity index is 1.91. The summed E-state index contributed by atoms with van der Waals surface area (Å²) < 4.78 is 43.6. The number of alkyl halides is 3. The molecule has 4 rings (SSSR count). The van der Waals surface area contributed by atoms with Crippen LogP contribution in [0.3, 0.4) is 0 Å². The van der Waals surface area contributed by atoms with E-state index in [0.29, 0.717) is 16.0 Å². The molecule has 0 radical (unpaired) electrons. The fourth-order valence-electron chi connectivity index (χ4n) is 4.48. The first-order valence-electron chi connectivity index (χ1n) is 11.9. The Hall–Kier alpha value is -3.84. The van der Waals surface area contributed by atoms with E-state index < -0.39 is 28.4 Å². The number of thioether (sulfide) groups is 1. The molecular formula is C31H25F3O3S. The summed E-state index contributed by atoms with van der Waals surface area (Å²) in [5.74, 6) is -1.49. The van der Waals surface area contributed by atoms with Gasteiger partial charge in [0, 0.05) is 22.8 Å². The highest BCUT2D eigenvalue weighted by molar-refractivity contribution is 8.01. The largest absolute Gasteiger partial charge is 0.468 e. The molecule has 0 bridgehead atoms. The maximum atomic E-state index is 13.9. The number of ether oxygens (including phenoxy) is 1. The predicted octanol–water partition coefficient (Wildman–Crippen LogP) is 7.92. The summed E-state index contributed by atoms with van der Waals surface area (Å²) in [7, 11) is 1.27. The van der Waals surface area contributed by atoms with Crippen molar-refractivity contribution < 1.29 is 27.5 Å². The molecule has 7 heteroatoms. The lowest BCUT2D eigenvalue weighted by Crippen LogP contribution is -2.41. The molecule has 194 valence electrons. The molecule has 4 aromatic rings. The maximum Gasteiger partial charge on any atom is 0.416 e. The van der Waals surface area contributed by atoms with Gasteiger partial charge < -0.3 is 4.74 Å². The van der Waals surface area contributed by atoms with Gasteiger partial charge in [0.1, 0.15) is 4.75 Å². The second-order valence-electron chi connectivity index (χ2n) is 8.67. The van der Waals surface area contributed by atoms with Crippen LogP contribution in [0.15, 0.2) is 120 Å². The minimum Gasteiger partial charge on any atom is -0.468 e. The zero-order valence-electron chi connectivity index (χ0n) is 20.5. The van der Waals surface area contributed by atoms with Crippen molar-refractivity contribution in [2.45, 2.75) is 28.2 Å². The topological polar surface area (TPSA) is 43.4 Å². The van der Waals surface area contributed by atoms with Gasteiger partial charge in [0.05, 0.1) is 12.7 Å². The molecule has 38 heavy (non-hydrogen) atoms. The number of benzene rings is 4. The summed E-state index contributed by atoms with van der Waals surface area (Å²) in [6, 6.07) is 31.5. The molecule has 0 aliphatic heterocycles. The van der Waals surface area contributed by atoms with E-state index in [1.54, 1.807) is 54.6 Å². The van der Waals surface area contributed by atoms with Crippen LogP contribution in [0.2, 0.25) is 0 Å². The van der Waals surface area contributed by atoms with Crippen LogP contribution in [0.5, 0.6) is 0 Å². The van der Waals surface area contributed by atoms with Crippen LogP contribution in [0, 0.1) is 0 Å². The molecule has 2 atom stereocenters. The Labute approximate surface area is 223 Å². The molecule has 0 aliphatic rings. The molecule has 0 aliphatic carbocycles. The fourth-order valence-corrected chi connectivity index (χ4v) is 5.90. The highest BCUT2D eigenvalue weighted by atomic mass is 32.2. The van der Waals surface area contributed by atoms with E-state index >= 15 is 0 Å². The fraction of sp³-hybridized carbons (Fsp3) is 0.161. The van der Waals surface area contributed by atoms with Gasteiger partial charge in [0.15, 0.2) is 5.78 Å². The molecule has 0 fully saturated rings. The van der Waals surface area contributed by atoms with Crippen LogP contribution < -0.4 is 0 Å². The van der Waals surface area contributed by atoms with E-state index in [1.165, 1.54) is 19.2 Å². The SMILES string of the molecule is COC(=O)C(Sc1ccc(C(F)(F)F)cc1)(c1ccccc1)[C@@H](CC(=O)c1ccccc1)c1ccccc1. The standard InChI is InChI=1S/C31H25F3O3S/c1-37-29(36)30(24-15-9-4-10-16-24,38-26-19-17-25(18-20-26)31(32,33)34)27(22-11-5-2-6-12-22)21-28(35)23-13-7-3-8-14-23/h2-20,27H,21H2,1H3/t27-,30?/m0/s1. The average molecular weight is 535 g/mol. The van der Waals surface area contributed by atoms with Crippen molar-refractivity contribution in [1.82, 2.24) is 0 Å². The summed E-state index contributed by atoms with van der Waals surface area (Å²) in [4.78, 5) is 27.8. The van der Waals surface area contributed by atoms with E-state index in [4.69, 9.17) is 4.74 Å². The van der Waals surface area contributed by atoms with Crippen LogP contribution in [0.25, 0.3) is 0 Å². The van der Waals surface area contributed by atoms with Crippen molar-refractivity contribution in [2.75, 3.05) is 7.11 Å². The second-order valence-corrected chi connectivity index (χ2v) is 9.99. The van der Waals surface area contributed by atoms with Crippen LogP contribution in [0.1, 0.15) is 39.4 Å². The number of esters is 1. The molecule has 0 N–H and O–H groups in total. The van der Waals surface area contributed by atoms with E-state index in [9.17, 15) is 22.8 Å². The second kappa shape index (κ2) is 11.7. The van der Waals surface area contributed by atoms with Crippen molar-refractivity contribution in [3.63, 3.8) is 0 Å². The first kappa shape index (κ1) is 27.2. The van der Waals surface area contributed by atoms with Gasteiger partial charge in [-0.25, -0.2) is 0 Å². The summed E-state index contributed by atoms with van der Waals surface area (Å²) in [6.45, 7) is 0. The van der Waals surface area contributed by atoms with Crippen LogP contribution in [-0.4, -0.2) is 18.9 Å². The normalized spacial score (nSPS) is 13.8. The molecule has 1 unspecified atom stereocenters. The monoisotopic (exact) mass is 534 g/mol. The smallest absolute Gasteiger partial charge is 0.416 e. The van der Waals surface area contributed by atoms with E-state index in [2.05, 4.69) is 0 Å². The molecule has 0 spiro atoms. The Morgan fingerprint density at radius 3 is 1.79 bits per heavy atom. The van der Waals surface area contributed by atoms with Crippen molar-refractivity contribution in [3.8, 4) is 0 Å². The minimum atomic E-state index is -4.49. The van der Waals surface area contributed by atoms with E-state index in [0.717, 1.165) is 29.5 Å². The molecule has 0 saturated heterocycles. The molecule has 0 aromatic heterocycles. The van der Waals surface area contributed by atoms with Gasteiger partial charge in [-0.2, -0.15) is 13.2 Å². The van der Waals surface area contributed by atoms with Gasteiger partial charge in [0.2, 0.25) is 0 Å². The third-order valence-electron chi connectivity index (χ3n) is 6.33. The highest BCUT2D eigenvalue weighted by Gasteiger charge is 2.51. The molecular weight excluding hydrogens is 509 g/mol. The number of halogens is 3. The number of carbonyl (C=O) groups is 2. The number of methoxy groups -OCH3 is 1. The Bertz CT molecular complexity index is 1360. The van der Waals surface area contributed by atoms with Gasteiger partial charge in [-0.15, -0.1) is 11.8 Å². The number of Topliss-reactive ketones (excluding diaryl/α,β-unsaturated/α-hetero) is 1. The van der Waals surface area contributed by atoms with Gasteiger partial charge in [-0.3, -0.25) is 9.59 Å². The lowest BCUT2D eigenvalue weighted by atomic mass is 9.77. The molecule has 0 heterocycles. The van der Waals surface area contributed by atoms with Crippen LogP contribution in [0.4, 0.5) is 13.2 Å². The summed E-state index contributed by atoms with van der Waals surface area (Å²) in [5, 5.41) is 0. The third-order valence-corrected chi connectivity index (χ3v) is 7.85. The van der Waals surface area contributed by atoms with Crippen molar-refractivity contribution >= 4 is 23.5 Å². The summed E-state index contributed by atoms with van der Waals surface area (Å²) in [5.41, 5.74) is 1.01. The van der Waals surface area contributed by atoms with E-state index in [1.807, 2.05) is 36.4 Å². The highest BCUT2D eigenvalue weighted by Crippen LogP contribution is 2.54. The summed E-state index contributed by atoms with van der Waals surface area (Å²) >= 11 is 1.09. The first-order chi connectivity index (χ1) is 18.3. The number of hydrogen-bond donors (Lipinski definition) is 0. The minimum absolute atomic E-state index is 0.0361. The van der Waals surface area contributed by atoms with Crippen LogP contribution in [-0.2, 0) is 20.5 Å². The van der Waals surface area contributed by atoms with Crippen LogP contribution >= 0.6 is 11.8 Å². The third kappa shape index (κ3) is 5.83. The molecule has 0 saturated carbocycles. The van der Waals surface area contributed by atoms with E-state index in [-0.39, 0.29) is 12.2 Å². The van der Waals surface area contributed by atoms with Gasteiger partial charge >= 0.3 is 12.1 Å². The summed E-state index contributed by atoms with van der Waals surface area (Å²) in [6.07, 6.45) is -4.53. The first-order valence-corrected chi connectivity index (χ1v) is 12.7. The molecule has 4 aromatic carbocycles. The van der Waals surface area contributed by atoms with Crippen molar-refractivity contribution in [1.29, 1.82) is 0 Å². The number of carbonyl (C=O) groups excluding carboxylic acids is 2. The quantitative estimate of drug-likeness (QED) is 0.124. The Morgan fingerprint density at radius 1 is 0.737 bits per heavy atom. The maximum absolute atomic E-state index is 13.9. The van der Waals surface area contributed by atoms with Crippen molar-refractivity contribution in [2.24, 2.45) is 0 Å². The Kier molecular flexibility index (Phi) is 8.37. The molecule has 0 amide bonds. The average Bonchev–Trinajstić information content (AvgIpc) is 2.95. The number of ketones is 1. The zero-order chi connectivity index (χ0) is 27.2. The number of hydrogen-bond acceptors (Lipinski definition) is 4. The lowest BCUT2D eigenvalue weighted by Gasteiger charge is -2.38. The number of rotatable bonds is 9. The van der Waals surface area contributed by atoms with Crippen molar-refractivity contribution in [3.05, 3.63) is 138 Å². The van der Waals surface area contributed by atoms with Gasteiger partial charge in [-0.05, 0) is 35.4 Å². The van der Waals surface area contributed by atoms with Gasteiger partial charge in [-0.1, -0.05) is 91.0 Å². The Morgan fingerprint density at radius 2 is 1.26 bits per heavy atom. The zero-order valence-corrected chi connectivity index (χ0v) is 21.3.